The van der Waals surface area contributed by atoms with E-state index in [0.29, 0.717) is 11.5 Å². The summed E-state index contributed by atoms with van der Waals surface area (Å²) in [5, 5.41) is 9.50. The topological polar surface area (TPSA) is 57.8 Å². The molecule has 2 aromatic rings. The van der Waals surface area contributed by atoms with Gasteiger partial charge >= 0.3 is 5.97 Å². The number of rotatable bonds is 3. The van der Waals surface area contributed by atoms with Crippen molar-refractivity contribution < 1.29 is 9.90 Å². The van der Waals surface area contributed by atoms with E-state index in [1.54, 1.807) is 16.7 Å². The molecule has 0 spiro atoms. The molecule has 0 aliphatic rings. The van der Waals surface area contributed by atoms with Crippen molar-refractivity contribution in [2.45, 2.75) is 33.7 Å². The summed E-state index contributed by atoms with van der Waals surface area (Å²) < 4.78 is 1.61. The van der Waals surface area contributed by atoms with Crippen LogP contribution in [0.5, 0.6) is 0 Å². The smallest absolute Gasteiger partial charge is 0.356 e. The van der Waals surface area contributed by atoms with E-state index >= 15 is 0 Å². The summed E-state index contributed by atoms with van der Waals surface area (Å²) in [6.07, 6.45) is 1.73. The Bertz CT molecular complexity index is 640. The van der Waals surface area contributed by atoms with Crippen molar-refractivity contribution >= 4 is 17.4 Å². The van der Waals surface area contributed by atoms with E-state index in [0.717, 1.165) is 0 Å². The van der Waals surface area contributed by atoms with Crippen molar-refractivity contribution in [1.82, 2.24) is 9.38 Å². The van der Waals surface area contributed by atoms with Gasteiger partial charge in [0.15, 0.2) is 11.5 Å². The summed E-state index contributed by atoms with van der Waals surface area (Å²) in [5.74, 6) is -0.460. The van der Waals surface area contributed by atoms with Gasteiger partial charge in [-0.2, -0.15) is 0 Å². The molecular weight excluding hydrogens is 254 g/mol. The van der Waals surface area contributed by atoms with Crippen LogP contribution in [0.4, 0.5) is 5.82 Å². The van der Waals surface area contributed by atoms with Gasteiger partial charge in [0.25, 0.3) is 0 Å². The fraction of sp³-hybridized carbons (Fsp3) is 0.467. The normalized spacial score (nSPS) is 13.4. The molecule has 0 radical (unpaired) electrons. The molecule has 20 heavy (non-hydrogen) atoms. The van der Waals surface area contributed by atoms with Gasteiger partial charge in [-0.3, -0.25) is 4.40 Å². The molecule has 1 unspecified atom stereocenters. The SMILES string of the molecule is CC(N(C)c1nc2ccccn2c1C(=O)O)C(C)(C)C. The lowest BCUT2D eigenvalue weighted by molar-refractivity contribution is 0.0690. The van der Waals surface area contributed by atoms with E-state index in [-0.39, 0.29) is 17.2 Å². The zero-order valence-corrected chi connectivity index (χ0v) is 12.6. The summed E-state index contributed by atoms with van der Waals surface area (Å²) in [6, 6.07) is 5.62. The van der Waals surface area contributed by atoms with E-state index in [9.17, 15) is 9.90 Å². The second-order valence-electron chi connectivity index (χ2n) is 6.17. The molecule has 0 saturated carbocycles. The van der Waals surface area contributed by atoms with Crippen LogP contribution in [0, 0.1) is 5.41 Å². The number of carboxylic acid groups (broad SMARTS) is 1. The number of hydrogen-bond donors (Lipinski definition) is 1. The van der Waals surface area contributed by atoms with Crippen LogP contribution in [0.1, 0.15) is 38.2 Å². The number of aromatic carboxylic acids is 1. The fourth-order valence-electron chi connectivity index (χ4n) is 2.19. The first-order chi connectivity index (χ1) is 9.23. The van der Waals surface area contributed by atoms with Crippen LogP contribution < -0.4 is 4.90 Å². The predicted molar refractivity (Wildman–Crippen MR) is 79.5 cm³/mol. The number of anilines is 1. The minimum Gasteiger partial charge on any atom is -0.476 e. The third kappa shape index (κ3) is 2.35. The van der Waals surface area contributed by atoms with Crippen LogP contribution in [0.25, 0.3) is 5.65 Å². The second-order valence-corrected chi connectivity index (χ2v) is 6.17. The summed E-state index contributed by atoms with van der Waals surface area (Å²) in [5.41, 5.74) is 0.882. The second kappa shape index (κ2) is 4.81. The molecule has 0 fully saturated rings. The lowest BCUT2D eigenvalue weighted by atomic mass is 9.87. The minimum atomic E-state index is -0.966. The molecule has 0 bridgehead atoms. The molecule has 0 saturated heterocycles. The molecule has 0 aromatic carbocycles. The first-order valence-electron chi connectivity index (χ1n) is 6.66. The van der Waals surface area contributed by atoms with Gasteiger partial charge in [-0.15, -0.1) is 0 Å². The van der Waals surface area contributed by atoms with Crippen LogP contribution >= 0.6 is 0 Å². The Morgan fingerprint density at radius 3 is 2.60 bits per heavy atom. The van der Waals surface area contributed by atoms with E-state index in [4.69, 9.17) is 0 Å². The number of imidazole rings is 1. The summed E-state index contributed by atoms with van der Waals surface area (Å²) >= 11 is 0. The Labute approximate surface area is 118 Å². The van der Waals surface area contributed by atoms with E-state index in [2.05, 4.69) is 32.7 Å². The zero-order valence-electron chi connectivity index (χ0n) is 12.6. The van der Waals surface area contributed by atoms with Crippen molar-refractivity contribution in [3.8, 4) is 0 Å². The fourth-order valence-corrected chi connectivity index (χ4v) is 2.19. The molecule has 2 rings (SSSR count). The van der Waals surface area contributed by atoms with Crippen molar-refractivity contribution in [1.29, 1.82) is 0 Å². The number of hydrogen-bond acceptors (Lipinski definition) is 3. The highest BCUT2D eigenvalue weighted by atomic mass is 16.4. The number of carbonyl (C=O) groups is 1. The highest BCUT2D eigenvalue weighted by Gasteiger charge is 2.29. The molecule has 5 nitrogen and oxygen atoms in total. The largest absolute Gasteiger partial charge is 0.476 e. The van der Waals surface area contributed by atoms with Crippen molar-refractivity contribution in [2.24, 2.45) is 5.41 Å². The quantitative estimate of drug-likeness (QED) is 0.935. The first-order valence-corrected chi connectivity index (χ1v) is 6.66. The average molecular weight is 275 g/mol. The number of fused-ring (bicyclic) bond motifs is 1. The Balaban J connectivity index is 2.59. The highest BCUT2D eigenvalue weighted by Crippen LogP contribution is 2.29. The first kappa shape index (κ1) is 14.4. The van der Waals surface area contributed by atoms with Crippen LogP contribution in [0.15, 0.2) is 24.4 Å². The summed E-state index contributed by atoms with van der Waals surface area (Å²) in [4.78, 5) is 18.0. The van der Waals surface area contributed by atoms with Crippen LogP contribution in [0.3, 0.4) is 0 Å². The molecule has 5 heteroatoms. The molecule has 1 atom stereocenters. The third-order valence-corrected chi connectivity index (χ3v) is 3.88. The molecule has 0 aliphatic heterocycles. The van der Waals surface area contributed by atoms with Gasteiger partial charge in [0, 0.05) is 19.3 Å². The van der Waals surface area contributed by atoms with Crippen LogP contribution in [-0.2, 0) is 0 Å². The van der Waals surface area contributed by atoms with Crippen molar-refractivity contribution in [2.75, 3.05) is 11.9 Å². The highest BCUT2D eigenvalue weighted by molar-refractivity contribution is 5.93. The van der Waals surface area contributed by atoms with Gasteiger partial charge in [-0.25, -0.2) is 9.78 Å². The summed E-state index contributed by atoms with van der Waals surface area (Å²) in [6.45, 7) is 8.47. The molecule has 108 valence electrons. The monoisotopic (exact) mass is 275 g/mol. The maximum Gasteiger partial charge on any atom is 0.356 e. The lowest BCUT2D eigenvalue weighted by Crippen LogP contribution is -2.40. The van der Waals surface area contributed by atoms with Gasteiger partial charge in [0.2, 0.25) is 0 Å². The van der Waals surface area contributed by atoms with Crippen molar-refractivity contribution in [3.05, 3.63) is 30.1 Å². The standard InChI is InChI=1S/C15H21N3O2/c1-10(15(2,3)4)17(5)13-12(14(19)20)18-9-7-6-8-11(18)16-13/h6-10H,1-5H3,(H,19,20). The maximum absolute atomic E-state index is 11.6. The lowest BCUT2D eigenvalue weighted by Gasteiger charge is -2.35. The summed E-state index contributed by atoms with van der Waals surface area (Å²) in [7, 11) is 1.89. The Morgan fingerprint density at radius 1 is 1.40 bits per heavy atom. The predicted octanol–water partition coefficient (Wildman–Crippen LogP) is 2.90. The van der Waals surface area contributed by atoms with Gasteiger partial charge in [-0.1, -0.05) is 26.8 Å². The number of carboxylic acids is 1. The van der Waals surface area contributed by atoms with E-state index < -0.39 is 5.97 Å². The number of aromatic nitrogens is 2. The van der Waals surface area contributed by atoms with Gasteiger partial charge < -0.3 is 10.0 Å². The van der Waals surface area contributed by atoms with E-state index in [1.807, 2.05) is 24.1 Å². The minimum absolute atomic E-state index is 0.0281. The Hall–Kier alpha value is -2.04. The molecular formula is C15H21N3O2. The van der Waals surface area contributed by atoms with Gasteiger partial charge in [0.05, 0.1) is 0 Å². The average Bonchev–Trinajstić information content (AvgIpc) is 2.75. The van der Waals surface area contributed by atoms with Crippen molar-refractivity contribution in [3.63, 3.8) is 0 Å². The number of nitrogens with zero attached hydrogens (tertiary/aromatic N) is 3. The van der Waals surface area contributed by atoms with Gasteiger partial charge in [0.1, 0.15) is 5.65 Å². The molecule has 0 aliphatic carbocycles. The molecule has 1 N–H and O–H groups in total. The molecule has 2 heterocycles. The zero-order chi connectivity index (χ0) is 15.1. The maximum atomic E-state index is 11.6. The van der Waals surface area contributed by atoms with Crippen LogP contribution in [-0.4, -0.2) is 33.6 Å². The number of pyridine rings is 1. The van der Waals surface area contributed by atoms with E-state index in [1.165, 1.54) is 0 Å². The van der Waals surface area contributed by atoms with Gasteiger partial charge in [-0.05, 0) is 24.5 Å². The third-order valence-electron chi connectivity index (χ3n) is 3.88. The molecule has 2 aromatic heterocycles. The molecule has 0 amide bonds. The Kier molecular flexibility index (Phi) is 3.46. The van der Waals surface area contributed by atoms with Crippen LogP contribution in [0.2, 0.25) is 0 Å². The Morgan fingerprint density at radius 2 is 2.05 bits per heavy atom.